The number of hydrogen-bond donors (Lipinski definition) is 1. The van der Waals surface area contributed by atoms with Crippen LogP contribution in [0.4, 0.5) is 18.9 Å². The molecule has 1 aromatic rings. The van der Waals surface area contributed by atoms with E-state index in [1.165, 1.54) is 32.0 Å². The molecule has 2 N–H and O–H groups in total. The number of hydrogen-bond acceptors (Lipinski definition) is 4. The maximum atomic E-state index is 12.4. The normalized spacial score (nSPS) is 12.1. The first-order valence-electron chi connectivity index (χ1n) is 5.03. The van der Waals surface area contributed by atoms with Crippen molar-refractivity contribution in [1.82, 2.24) is 0 Å². The Labute approximate surface area is 107 Å². The molecule has 0 aliphatic heterocycles. The van der Waals surface area contributed by atoms with Gasteiger partial charge in [-0.1, -0.05) is 0 Å². The Morgan fingerprint density at radius 2 is 1.89 bits per heavy atom. The average molecular weight is 281 g/mol. The number of benzene rings is 1. The third-order valence-corrected chi connectivity index (χ3v) is 3.36. The smallest absolute Gasteiger partial charge is 0.398 e. The summed E-state index contributed by atoms with van der Waals surface area (Å²) < 4.78 is 47.2. The molecule has 18 heavy (non-hydrogen) atoms. The monoisotopic (exact) mass is 281 g/mol. The minimum atomic E-state index is -4.38. The lowest BCUT2D eigenvalue weighted by atomic mass is 10.2. The van der Waals surface area contributed by atoms with Gasteiger partial charge in [0.15, 0.2) is 6.29 Å². The first-order valence-corrected chi connectivity index (χ1v) is 6.02. The number of methoxy groups -OCH3 is 2. The molecule has 7 heteroatoms. The molecule has 0 aromatic heterocycles. The Morgan fingerprint density at radius 3 is 2.33 bits per heavy atom. The van der Waals surface area contributed by atoms with E-state index in [2.05, 4.69) is 0 Å². The van der Waals surface area contributed by atoms with Crippen molar-refractivity contribution in [3.63, 3.8) is 0 Å². The third-order valence-electron chi connectivity index (χ3n) is 2.24. The lowest BCUT2D eigenvalue weighted by Crippen LogP contribution is -2.15. The van der Waals surface area contributed by atoms with Crippen LogP contribution in [-0.2, 0) is 15.7 Å². The minimum absolute atomic E-state index is 0.0979. The highest BCUT2D eigenvalue weighted by atomic mass is 32.2. The fraction of sp³-hybridized carbons (Fsp3) is 0.455. The highest BCUT2D eigenvalue weighted by molar-refractivity contribution is 7.99. The van der Waals surface area contributed by atoms with Gasteiger partial charge in [-0.2, -0.15) is 13.2 Å². The molecule has 0 heterocycles. The molecule has 0 saturated heterocycles. The van der Waals surface area contributed by atoms with E-state index >= 15 is 0 Å². The van der Waals surface area contributed by atoms with Crippen molar-refractivity contribution in [2.45, 2.75) is 17.4 Å². The van der Waals surface area contributed by atoms with Crippen molar-refractivity contribution in [1.29, 1.82) is 0 Å². The van der Waals surface area contributed by atoms with E-state index in [4.69, 9.17) is 15.2 Å². The zero-order chi connectivity index (χ0) is 13.8. The van der Waals surface area contributed by atoms with Crippen LogP contribution in [0.1, 0.15) is 5.56 Å². The van der Waals surface area contributed by atoms with Crippen LogP contribution in [0.2, 0.25) is 0 Å². The average Bonchev–Trinajstić information content (AvgIpc) is 2.30. The second kappa shape index (κ2) is 6.31. The van der Waals surface area contributed by atoms with E-state index in [9.17, 15) is 13.2 Å². The summed E-state index contributed by atoms with van der Waals surface area (Å²) in [6, 6.07) is 3.29. The zero-order valence-electron chi connectivity index (χ0n) is 9.95. The van der Waals surface area contributed by atoms with E-state index < -0.39 is 18.0 Å². The molecule has 0 aliphatic rings. The van der Waals surface area contributed by atoms with E-state index in [1.54, 1.807) is 0 Å². The van der Waals surface area contributed by atoms with Crippen LogP contribution in [0.15, 0.2) is 23.1 Å². The topological polar surface area (TPSA) is 44.5 Å². The first-order chi connectivity index (χ1) is 8.38. The fourth-order valence-corrected chi connectivity index (χ4v) is 2.22. The van der Waals surface area contributed by atoms with Crippen molar-refractivity contribution in [2.75, 3.05) is 25.7 Å². The van der Waals surface area contributed by atoms with Gasteiger partial charge in [0, 0.05) is 30.6 Å². The van der Waals surface area contributed by atoms with Gasteiger partial charge in [0.05, 0.1) is 5.56 Å². The van der Waals surface area contributed by atoms with Crippen molar-refractivity contribution in [3.05, 3.63) is 23.8 Å². The third kappa shape index (κ3) is 4.08. The van der Waals surface area contributed by atoms with Crippen LogP contribution < -0.4 is 5.73 Å². The second-order valence-electron chi connectivity index (χ2n) is 3.46. The molecule has 0 amide bonds. The Kier molecular flexibility index (Phi) is 5.30. The number of ether oxygens (including phenoxy) is 2. The van der Waals surface area contributed by atoms with Gasteiger partial charge in [0.1, 0.15) is 0 Å². The molecule has 0 radical (unpaired) electrons. The first kappa shape index (κ1) is 15.1. The van der Waals surface area contributed by atoms with Gasteiger partial charge in [-0.15, -0.1) is 11.8 Å². The van der Waals surface area contributed by atoms with Gasteiger partial charge in [-0.3, -0.25) is 0 Å². The van der Waals surface area contributed by atoms with Crippen LogP contribution in [0.3, 0.4) is 0 Å². The molecule has 0 fully saturated rings. The molecule has 1 aromatic carbocycles. The molecule has 102 valence electrons. The summed E-state index contributed by atoms with van der Waals surface area (Å²) in [5.41, 5.74) is 4.93. The van der Waals surface area contributed by atoms with Gasteiger partial charge in [-0.05, 0) is 18.2 Å². The molecular formula is C11H14F3NO2S. The minimum Gasteiger partial charge on any atom is -0.398 e. The quantitative estimate of drug-likeness (QED) is 0.512. The summed E-state index contributed by atoms with van der Waals surface area (Å²) in [4.78, 5) is 0.571. The highest BCUT2D eigenvalue weighted by Gasteiger charge is 2.30. The maximum absolute atomic E-state index is 12.4. The molecule has 0 unspecified atom stereocenters. The van der Waals surface area contributed by atoms with E-state index in [-0.39, 0.29) is 5.69 Å². The number of alkyl halides is 3. The number of nitrogen functional groups attached to an aromatic ring is 1. The SMILES string of the molecule is COC(CSc1ccc(C(F)(F)F)cc1N)OC. The summed E-state index contributed by atoms with van der Waals surface area (Å²) >= 11 is 1.28. The largest absolute Gasteiger partial charge is 0.416 e. The summed E-state index contributed by atoms with van der Waals surface area (Å²) in [7, 11) is 2.98. The summed E-state index contributed by atoms with van der Waals surface area (Å²) in [6.45, 7) is 0. The van der Waals surface area contributed by atoms with Crippen LogP contribution in [0.5, 0.6) is 0 Å². The fourth-order valence-electron chi connectivity index (χ4n) is 1.25. The van der Waals surface area contributed by atoms with E-state index in [0.717, 1.165) is 12.1 Å². The summed E-state index contributed by atoms with van der Waals surface area (Å²) in [5, 5.41) is 0. The Balaban J connectivity index is 2.74. The summed E-state index contributed by atoms with van der Waals surface area (Å²) in [5.74, 6) is 0.447. The standard InChI is InChI=1S/C11H14F3NO2S/c1-16-10(17-2)6-18-9-4-3-7(5-8(9)15)11(12,13)14/h3-5,10H,6,15H2,1-2H3. The second-order valence-corrected chi connectivity index (χ2v) is 4.52. The van der Waals surface area contributed by atoms with E-state index in [0.29, 0.717) is 10.6 Å². The Morgan fingerprint density at radius 1 is 1.28 bits per heavy atom. The highest BCUT2D eigenvalue weighted by Crippen LogP contribution is 2.34. The van der Waals surface area contributed by atoms with Gasteiger partial charge < -0.3 is 15.2 Å². The molecule has 0 bridgehead atoms. The molecule has 3 nitrogen and oxygen atoms in total. The van der Waals surface area contributed by atoms with E-state index in [1.807, 2.05) is 0 Å². The van der Waals surface area contributed by atoms with Crippen molar-refractivity contribution < 1.29 is 22.6 Å². The van der Waals surface area contributed by atoms with Crippen LogP contribution >= 0.6 is 11.8 Å². The predicted octanol–water partition coefficient (Wildman–Crippen LogP) is 3.00. The number of thioether (sulfide) groups is 1. The molecule has 0 aliphatic carbocycles. The Hall–Kier alpha value is -0.920. The van der Waals surface area contributed by atoms with Gasteiger partial charge in [0.25, 0.3) is 0 Å². The number of halogens is 3. The van der Waals surface area contributed by atoms with Gasteiger partial charge >= 0.3 is 6.18 Å². The maximum Gasteiger partial charge on any atom is 0.416 e. The van der Waals surface area contributed by atoms with Gasteiger partial charge in [0.2, 0.25) is 0 Å². The number of anilines is 1. The lowest BCUT2D eigenvalue weighted by Gasteiger charge is -2.14. The number of rotatable bonds is 5. The molecular weight excluding hydrogens is 267 g/mol. The van der Waals surface area contributed by atoms with Crippen molar-refractivity contribution in [2.24, 2.45) is 0 Å². The van der Waals surface area contributed by atoms with Crippen LogP contribution in [-0.4, -0.2) is 26.3 Å². The molecule has 0 saturated carbocycles. The predicted molar refractivity (Wildman–Crippen MR) is 64.4 cm³/mol. The molecule has 0 atom stereocenters. The van der Waals surface area contributed by atoms with Crippen molar-refractivity contribution in [3.8, 4) is 0 Å². The summed E-state index contributed by atoms with van der Waals surface area (Å²) in [6.07, 6.45) is -4.80. The lowest BCUT2D eigenvalue weighted by molar-refractivity contribution is -0.137. The molecule has 0 spiro atoms. The zero-order valence-corrected chi connectivity index (χ0v) is 10.8. The van der Waals surface area contributed by atoms with Crippen molar-refractivity contribution >= 4 is 17.4 Å². The number of nitrogens with two attached hydrogens (primary N) is 1. The molecule has 1 rings (SSSR count). The van der Waals surface area contributed by atoms with Gasteiger partial charge in [-0.25, -0.2) is 0 Å². The van der Waals surface area contributed by atoms with Crippen LogP contribution in [0.25, 0.3) is 0 Å². The van der Waals surface area contributed by atoms with Crippen LogP contribution in [0, 0.1) is 0 Å². The Bertz CT molecular complexity index is 394.